The number of hydrogen-bond acceptors (Lipinski definition) is 4. The molecular weight excluding hydrogens is 320 g/mol. The Morgan fingerprint density at radius 3 is 2.68 bits per heavy atom. The number of fused-ring (bicyclic) bond motifs is 1. The van der Waals surface area contributed by atoms with Crippen LogP contribution in [0.25, 0.3) is 0 Å². The highest BCUT2D eigenvalue weighted by molar-refractivity contribution is 5.88. The molecule has 5 atom stereocenters. The average Bonchev–Trinajstić information content (AvgIpc) is 2.87. The summed E-state index contributed by atoms with van der Waals surface area (Å²) in [7, 11) is 0. The maximum absolute atomic E-state index is 11.8. The fraction of sp³-hybridized carbons (Fsp3) is 0.700. The second-order valence-corrected chi connectivity index (χ2v) is 8.42. The second kappa shape index (κ2) is 6.27. The number of aliphatic hydroxyl groups is 1. The first-order valence-electron chi connectivity index (χ1n) is 9.21. The Hall–Kier alpha value is -1.62. The number of carbonyl (C=O) groups is 2. The van der Waals surface area contributed by atoms with Gasteiger partial charge in [-0.15, -0.1) is 0 Å². The summed E-state index contributed by atoms with van der Waals surface area (Å²) in [5, 5.41) is 19.5. The van der Waals surface area contributed by atoms with Crippen LogP contribution in [-0.4, -0.2) is 28.4 Å². The lowest BCUT2D eigenvalue weighted by Crippen LogP contribution is -2.51. The molecule has 5 nitrogen and oxygen atoms in total. The van der Waals surface area contributed by atoms with Crippen LogP contribution in [0, 0.1) is 22.7 Å². The molecule has 0 bridgehead atoms. The lowest BCUT2D eigenvalue weighted by molar-refractivity contribution is -0.151. The first-order valence-corrected chi connectivity index (χ1v) is 9.21. The zero-order valence-corrected chi connectivity index (χ0v) is 15.2. The predicted octanol–water partition coefficient (Wildman–Crippen LogP) is 3.43. The molecule has 1 heterocycles. The van der Waals surface area contributed by atoms with Gasteiger partial charge in [0, 0.05) is 22.6 Å². The van der Waals surface area contributed by atoms with Gasteiger partial charge < -0.3 is 14.9 Å². The number of aliphatic hydroxyl groups excluding tert-OH is 1. The van der Waals surface area contributed by atoms with Gasteiger partial charge in [-0.05, 0) is 55.8 Å². The third-order valence-electron chi connectivity index (χ3n) is 7.24. The Bertz CT molecular complexity index is 648. The average molecular weight is 348 g/mol. The molecule has 0 aromatic rings. The minimum atomic E-state index is -1.12. The molecule has 138 valence electrons. The standard InChI is InChI=1S/C20H28O5/c1-12-7-9-20(3)14(17(22)23)5-4-6-15(20)19(12,2)10-8-13-11-16(21)25-18(13)24/h5,11-12,15,18,24H,4,6-10H2,1-3H3,(H,22,23)/t12-,15-,18+,19+,20+/m1/s1. The molecule has 0 spiro atoms. The van der Waals surface area contributed by atoms with Crippen LogP contribution in [0.3, 0.4) is 0 Å². The van der Waals surface area contributed by atoms with Crippen LogP contribution in [-0.2, 0) is 14.3 Å². The molecule has 0 aromatic heterocycles. The van der Waals surface area contributed by atoms with Gasteiger partial charge in [0.15, 0.2) is 0 Å². The Kier molecular flexibility index (Phi) is 4.56. The largest absolute Gasteiger partial charge is 0.478 e. The number of cyclic esters (lactones) is 1. The zero-order valence-electron chi connectivity index (χ0n) is 15.2. The summed E-state index contributed by atoms with van der Waals surface area (Å²) in [6, 6.07) is 0. The van der Waals surface area contributed by atoms with Gasteiger partial charge in [-0.25, -0.2) is 9.59 Å². The lowest BCUT2D eigenvalue weighted by Gasteiger charge is -2.57. The number of ether oxygens (including phenoxy) is 1. The van der Waals surface area contributed by atoms with Crippen LogP contribution < -0.4 is 0 Å². The van der Waals surface area contributed by atoms with E-state index in [-0.39, 0.29) is 16.7 Å². The number of hydrogen-bond donors (Lipinski definition) is 2. The summed E-state index contributed by atoms with van der Waals surface area (Å²) in [6.45, 7) is 6.62. The Labute approximate surface area is 148 Å². The molecule has 2 N–H and O–H groups in total. The van der Waals surface area contributed by atoms with Crippen LogP contribution in [0.1, 0.15) is 59.3 Å². The molecule has 3 rings (SSSR count). The van der Waals surface area contributed by atoms with Crippen molar-refractivity contribution in [2.24, 2.45) is 22.7 Å². The smallest absolute Gasteiger partial charge is 0.333 e. The maximum atomic E-state index is 11.8. The normalized spacial score (nSPS) is 40.8. The van der Waals surface area contributed by atoms with Gasteiger partial charge in [0.25, 0.3) is 0 Å². The molecule has 0 unspecified atom stereocenters. The third-order valence-corrected chi connectivity index (χ3v) is 7.24. The van der Waals surface area contributed by atoms with Crippen molar-refractivity contribution in [3.8, 4) is 0 Å². The van der Waals surface area contributed by atoms with Gasteiger partial charge in [0.05, 0.1) is 0 Å². The summed E-state index contributed by atoms with van der Waals surface area (Å²) in [5.41, 5.74) is 0.866. The zero-order chi connectivity index (χ0) is 18.4. The highest BCUT2D eigenvalue weighted by Crippen LogP contribution is 2.62. The second-order valence-electron chi connectivity index (χ2n) is 8.42. The number of carboxylic acids is 1. The third kappa shape index (κ3) is 2.92. The summed E-state index contributed by atoms with van der Waals surface area (Å²) in [6.07, 6.45) is 7.29. The van der Waals surface area contributed by atoms with Crippen molar-refractivity contribution in [2.75, 3.05) is 0 Å². The van der Waals surface area contributed by atoms with Gasteiger partial charge >= 0.3 is 11.9 Å². The van der Waals surface area contributed by atoms with E-state index in [0.717, 1.165) is 32.1 Å². The Balaban J connectivity index is 1.86. The van der Waals surface area contributed by atoms with Crippen molar-refractivity contribution in [3.05, 3.63) is 23.3 Å². The van der Waals surface area contributed by atoms with Crippen molar-refractivity contribution in [3.63, 3.8) is 0 Å². The Morgan fingerprint density at radius 2 is 2.08 bits per heavy atom. The molecular formula is C20H28O5. The molecule has 0 saturated heterocycles. The van der Waals surface area contributed by atoms with Crippen molar-refractivity contribution in [2.45, 2.75) is 65.6 Å². The van der Waals surface area contributed by atoms with E-state index in [0.29, 0.717) is 23.5 Å². The lowest BCUT2D eigenvalue weighted by atomic mass is 9.46. The summed E-state index contributed by atoms with van der Waals surface area (Å²) < 4.78 is 4.79. The van der Waals surface area contributed by atoms with Crippen molar-refractivity contribution < 1.29 is 24.5 Å². The number of esters is 1. The van der Waals surface area contributed by atoms with Crippen molar-refractivity contribution >= 4 is 11.9 Å². The number of aliphatic carboxylic acids is 1. The monoisotopic (exact) mass is 348 g/mol. The number of carbonyl (C=O) groups excluding carboxylic acids is 1. The summed E-state index contributed by atoms with van der Waals surface area (Å²) in [5.74, 6) is -0.523. The highest BCUT2D eigenvalue weighted by atomic mass is 16.6. The van der Waals surface area contributed by atoms with Gasteiger partial charge in [-0.3, -0.25) is 0 Å². The molecule has 5 heteroatoms. The molecule has 1 fully saturated rings. The van der Waals surface area contributed by atoms with Crippen LogP contribution in [0.4, 0.5) is 0 Å². The van der Waals surface area contributed by atoms with Crippen molar-refractivity contribution in [1.82, 2.24) is 0 Å². The van der Waals surface area contributed by atoms with Gasteiger partial charge in [0.2, 0.25) is 6.29 Å². The van der Waals surface area contributed by atoms with E-state index >= 15 is 0 Å². The number of allylic oxidation sites excluding steroid dienone is 1. The summed E-state index contributed by atoms with van der Waals surface area (Å²) >= 11 is 0. The molecule has 25 heavy (non-hydrogen) atoms. The van der Waals surface area contributed by atoms with E-state index in [2.05, 4.69) is 20.8 Å². The molecule has 1 aliphatic heterocycles. The predicted molar refractivity (Wildman–Crippen MR) is 92.5 cm³/mol. The molecule has 2 aliphatic carbocycles. The van der Waals surface area contributed by atoms with E-state index in [1.807, 2.05) is 6.08 Å². The van der Waals surface area contributed by atoms with E-state index < -0.39 is 18.2 Å². The fourth-order valence-electron chi connectivity index (χ4n) is 5.49. The molecule has 0 aromatic carbocycles. The first-order chi connectivity index (χ1) is 11.7. The highest BCUT2D eigenvalue weighted by Gasteiger charge is 2.55. The quantitative estimate of drug-likeness (QED) is 0.761. The fourth-order valence-corrected chi connectivity index (χ4v) is 5.49. The van der Waals surface area contributed by atoms with Gasteiger partial charge in [0.1, 0.15) is 0 Å². The number of carboxylic acid groups (broad SMARTS) is 1. The van der Waals surface area contributed by atoms with E-state index in [1.165, 1.54) is 6.08 Å². The van der Waals surface area contributed by atoms with E-state index in [1.54, 1.807) is 0 Å². The Morgan fingerprint density at radius 1 is 1.36 bits per heavy atom. The molecule has 0 amide bonds. The molecule has 0 radical (unpaired) electrons. The minimum Gasteiger partial charge on any atom is -0.478 e. The maximum Gasteiger partial charge on any atom is 0.333 e. The van der Waals surface area contributed by atoms with E-state index in [4.69, 9.17) is 4.74 Å². The summed E-state index contributed by atoms with van der Waals surface area (Å²) in [4.78, 5) is 23.1. The van der Waals surface area contributed by atoms with Gasteiger partial charge in [-0.1, -0.05) is 26.8 Å². The van der Waals surface area contributed by atoms with Crippen LogP contribution in [0.15, 0.2) is 23.3 Å². The van der Waals surface area contributed by atoms with Crippen LogP contribution in [0.5, 0.6) is 0 Å². The molecule has 1 saturated carbocycles. The SMILES string of the molecule is C[C@@H]1CC[C@@]2(C)C(C(=O)O)=CCC[C@@H]2[C@@]1(C)CCC1=CC(=O)O[C@@H]1O. The van der Waals surface area contributed by atoms with E-state index in [9.17, 15) is 19.8 Å². The topological polar surface area (TPSA) is 83.8 Å². The minimum absolute atomic E-state index is 0.0336. The van der Waals surface area contributed by atoms with Crippen molar-refractivity contribution in [1.29, 1.82) is 0 Å². The molecule has 3 aliphatic rings. The first kappa shape index (κ1) is 18.2. The van der Waals surface area contributed by atoms with Crippen LogP contribution in [0.2, 0.25) is 0 Å². The number of rotatable bonds is 4. The van der Waals surface area contributed by atoms with Gasteiger partial charge in [-0.2, -0.15) is 0 Å². The van der Waals surface area contributed by atoms with Crippen LogP contribution >= 0.6 is 0 Å².